The number of tetrazole rings is 1. The number of nitrogens with two attached hydrogens (primary N) is 1. The number of hydrogen-bond donors (Lipinski definition) is 1. The van der Waals surface area contributed by atoms with Crippen LogP contribution in [0.3, 0.4) is 0 Å². The Morgan fingerprint density at radius 3 is 2.95 bits per heavy atom. The fraction of sp³-hybridized carbons (Fsp3) is 0.250. The van der Waals surface area contributed by atoms with Crippen molar-refractivity contribution in [2.45, 2.75) is 13.2 Å². The molecule has 0 fully saturated rings. The summed E-state index contributed by atoms with van der Waals surface area (Å²) in [6.45, 7) is 0.502. The van der Waals surface area contributed by atoms with Crippen molar-refractivity contribution in [3.63, 3.8) is 0 Å². The second-order valence-corrected chi connectivity index (χ2v) is 4.04. The van der Waals surface area contributed by atoms with Gasteiger partial charge >= 0.3 is 0 Å². The molecule has 2 N–H and O–H groups in total. The highest BCUT2D eigenvalue weighted by molar-refractivity contribution is 5.85. The highest BCUT2D eigenvalue weighted by Crippen LogP contribution is 2.33. The molecule has 1 aromatic carbocycles. The summed E-state index contributed by atoms with van der Waals surface area (Å²) in [5, 5.41) is 12.6. The molecule has 19 heavy (non-hydrogen) atoms. The van der Waals surface area contributed by atoms with E-state index in [1.54, 1.807) is 7.05 Å². The van der Waals surface area contributed by atoms with Gasteiger partial charge in [0.2, 0.25) is 5.82 Å². The number of para-hydroxylation sites is 1. The number of fused-ring (bicyclic) bond motifs is 1. The number of benzene rings is 1. The van der Waals surface area contributed by atoms with Crippen molar-refractivity contribution in [3.05, 3.63) is 35.9 Å². The Hall–Kier alpha value is -2.41. The van der Waals surface area contributed by atoms with Crippen molar-refractivity contribution in [1.82, 2.24) is 20.2 Å². The van der Waals surface area contributed by atoms with Crippen molar-refractivity contribution in [2.24, 2.45) is 12.8 Å². The van der Waals surface area contributed by atoms with E-state index in [1.807, 2.05) is 24.3 Å². The van der Waals surface area contributed by atoms with Crippen LogP contribution in [0.25, 0.3) is 11.0 Å². The largest absolute Gasteiger partial charge is 0.481 e. The third-order valence-electron chi connectivity index (χ3n) is 2.70. The number of furan rings is 1. The minimum Gasteiger partial charge on any atom is -0.481 e. The van der Waals surface area contributed by atoms with Gasteiger partial charge in [-0.2, -0.15) is 4.80 Å². The molecule has 7 nitrogen and oxygen atoms in total. The lowest BCUT2D eigenvalue weighted by Gasteiger charge is -2.02. The SMILES string of the molecule is Cn1nnc(COc2c(CN)oc3ccccc23)n1. The molecule has 0 bridgehead atoms. The minimum atomic E-state index is 0.227. The first-order chi connectivity index (χ1) is 9.28. The molecule has 0 amide bonds. The van der Waals surface area contributed by atoms with Gasteiger partial charge < -0.3 is 14.9 Å². The quantitative estimate of drug-likeness (QED) is 0.751. The molecule has 3 aromatic rings. The maximum Gasteiger partial charge on any atom is 0.212 e. The van der Waals surface area contributed by atoms with Gasteiger partial charge in [0.05, 0.1) is 19.0 Å². The van der Waals surface area contributed by atoms with E-state index in [4.69, 9.17) is 14.9 Å². The van der Waals surface area contributed by atoms with Crippen LogP contribution in [-0.4, -0.2) is 20.2 Å². The summed E-state index contributed by atoms with van der Waals surface area (Å²) < 4.78 is 11.4. The van der Waals surface area contributed by atoms with Crippen LogP contribution < -0.4 is 10.5 Å². The highest BCUT2D eigenvalue weighted by atomic mass is 16.5. The van der Waals surface area contributed by atoms with E-state index in [0.29, 0.717) is 17.3 Å². The summed E-state index contributed by atoms with van der Waals surface area (Å²) in [4.78, 5) is 1.38. The van der Waals surface area contributed by atoms with E-state index in [2.05, 4.69) is 15.4 Å². The molecule has 0 aliphatic rings. The maximum atomic E-state index is 5.73. The normalized spacial score (nSPS) is 11.1. The van der Waals surface area contributed by atoms with Gasteiger partial charge in [-0.25, -0.2) is 0 Å². The molecule has 0 radical (unpaired) electrons. The Morgan fingerprint density at radius 2 is 2.21 bits per heavy atom. The van der Waals surface area contributed by atoms with Gasteiger partial charge in [0.15, 0.2) is 18.1 Å². The fourth-order valence-electron chi connectivity index (χ4n) is 1.88. The number of ether oxygens (including phenoxy) is 1. The minimum absolute atomic E-state index is 0.227. The zero-order valence-electron chi connectivity index (χ0n) is 10.4. The first-order valence-electron chi connectivity index (χ1n) is 5.84. The summed E-state index contributed by atoms with van der Waals surface area (Å²) >= 11 is 0. The molecule has 0 unspecified atom stereocenters. The van der Waals surface area contributed by atoms with Crippen LogP contribution in [0.15, 0.2) is 28.7 Å². The Bertz CT molecular complexity index is 703. The van der Waals surface area contributed by atoms with Crippen LogP contribution in [0.4, 0.5) is 0 Å². The summed E-state index contributed by atoms with van der Waals surface area (Å²) in [5.74, 6) is 1.77. The first-order valence-corrected chi connectivity index (χ1v) is 5.84. The Morgan fingerprint density at radius 1 is 1.37 bits per heavy atom. The Kier molecular flexibility index (Phi) is 2.88. The first kappa shape index (κ1) is 11.7. The van der Waals surface area contributed by atoms with Crippen LogP contribution in [0, 0.1) is 0 Å². The Labute approximate surface area is 108 Å². The van der Waals surface area contributed by atoms with Crippen LogP contribution in [0.5, 0.6) is 5.75 Å². The van der Waals surface area contributed by atoms with Gasteiger partial charge in [-0.05, 0) is 17.3 Å². The number of hydrogen-bond acceptors (Lipinski definition) is 6. The van der Waals surface area contributed by atoms with Crippen molar-refractivity contribution < 1.29 is 9.15 Å². The van der Waals surface area contributed by atoms with Gasteiger partial charge in [0.25, 0.3) is 0 Å². The van der Waals surface area contributed by atoms with Crippen LogP contribution in [0.2, 0.25) is 0 Å². The van der Waals surface area contributed by atoms with Crippen molar-refractivity contribution >= 4 is 11.0 Å². The van der Waals surface area contributed by atoms with E-state index < -0.39 is 0 Å². The van der Waals surface area contributed by atoms with Gasteiger partial charge in [-0.15, -0.1) is 10.2 Å². The van der Waals surface area contributed by atoms with E-state index in [1.165, 1.54) is 4.80 Å². The molecule has 0 spiro atoms. The highest BCUT2D eigenvalue weighted by Gasteiger charge is 2.15. The van der Waals surface area contributed by atoms with Gasteiger partial charge in [0.1, 0.15) is 5.58 Å². The predicted octanol–water partition coefficient (Wildman–Crippen LogP) is 0.994. The molecule has 0 aliphatic carbocycles. The van der Waals surface area contributed by atoms with E-state index in [-0.39, 0.29) is 13.2 Å². The summed E-state index contributed by atoms with van der Waals surface area (Å²) in [7, 11) is 1.70. The predicted molar refractivity (Wildman–Crippen MR) is 67.2 cm³/mol. The zero-order valence-corrected chi connectivity index (χ0v) is 10.4. The molecule has 0 aliphatic heterocycles. The second-order valence-electron chi connectivity index (χ2n) is 4.04. The number of nitrogens with zero attached hydrogens (tertiary/aromatic N) is 4. The fourth-order valence-corrected chi connectivity index (χ4v) is 1.88. The smallest absolute Gasteiger partial charge is 0.212 e. The molecule has 0 saturated carbocycles. The van der Waals surface area contributed by atoms with Crippen molar-refractivity contribution in [2.75, 3.05) is 0 Å². The molecule has 3 rings (SSSR count). The third kappa shape index (κ3) is 2.15. The molecule has 0 saturated heterocycles. The lowest BCUT2D eigenvalue weighted by Crippen LogP contribution is -2.02. The number of aryl methyl sites for hydroxylation is 1. The van der Waals surface area contributed by atoms with Crippen LogP contribution in [0.1, 0.15) is 11.6 Å². The summed E-state index contributed by atoms with van der Waals surface area (Å²) in [6, 6.07) is 7.63. The van der Waals surface area contributed by atoms with Gasteiger partial charge in [-0.1, -0.05) is 12.1 Å². The summed E-state index contributed by atoms with van der Waals surface area (Å²) in [6.07, 6.45) is 0. The number of aromatic nitrogens is 4. The average molecular weight is 259 g/mol. The summed E-state index contributed by atoms with van der Waals surface area (Å²) in [5.41, 5.74) is 6.42. The third-order valence-corrected chi connectivity index (χ3v) is 2.70. The zero-order chi connectivity index (χ0) is 13.2. The Balaban J connectivity index is 1.90. The van der Waals surface area contributed by atoms with E-state index in [9.17, 15) is 0 Å². The van der Waals surface area contributed by atoms with Gasteiger partial charge in [-0.3, -0.25) is 0 Å². The molecular formula is C12H13N5O2. The van der Waals surface area contributed by atoms with E-state index >= 15 is 0 Å². The molecule has 0 atom stereocenters. The number of rotatable bonds is 4. The average Bonchev–Trinajstić information content (AvgIpc) is 2.99. The molecular weight excluding hydrogens is 246 g/mol. The van der Waals surface area contributed by atoms with Crippen molar-refractivity contribution in [3.8, 4) is 5.75 Å². The molecule has 2 heterocycles. The van der Waals surface area contributed by atoms with Gasteiger partial charge in [0, 0.05) is 0 Å². The topological polar surface area (TPSA) is 92.0 Å². The van der Waals surface area contributed by atoms with Crippen LogP contribution >= 0.6 is 0 Å². The lowest BCUT2D eigenvalue weighted by atomic mass is 10.2. The molecule has 2 aromatic heterocycles. The monoisotopic (exact) mass is 259 g/mol. The second kappa shape index (κ2) is 4.69. The molecule has 98 valence electrons. The molecule has 7 heteroatoms. The maximum absolute atomic E-state index is 5.73. The standard InChI is InChI=1S/C12H13N5O2/c1-17-15-11(14-16-17)7-18-12-8-4-2-3-5-9(8)19-10(12)6-13/h2-5H,6-7,13H2,1H3. The lowest BCUT2D eigenvalue weighted by molar-refractivity contribution is 0.289. The van der Waals surface area contributed by atoms with E-state index in [0.717, 1.165) is 11.0 Å². The van der Waals surface area contributed by atoms with Crippen LogP contribution in [-0.2, 0) is 20.2 Å². The van der Waals surface area contributed by atoms with Crippen molar-refractivity contribution in [1.29, 1.82) is 0 Å².